The second-order valence-electron chi connectivity index (χ2n) is 4.18. The highest BCUT2D eigenvalue weighted by Gasteiger charge is 2.10. The molecule has 1 amide bonds. The Kier molecular flexibility index (Phi) is 3.99. The molecule has 0 atom stereocenters. The number of likely N-dealkylation sites (N-methyl/N-ethyl adjacent to an activating group) is 1. The summed E-state index contributed by atoms with van der Waals surface area (Å²) in [7, 11) is 1.80. The van der Waals surface area contributed by atoms with Crippen LogP contribution in [-0.4, -0.2) is 23.0 Å². The Hall–Kier alpha value is -1.81. The number of phenols is 1. The van der Waals surface area contributed by atoms with E-state index in [-0.39, 0.29) is 11.7 Å². The van der Waals surface area contributed by atoms with Crippen LogP contribution in [0.2, 0.25) is 0 Å². The average Bonchev–Trinajstić information content (AvgIpc) is 2.81. The van der Waals surface area contributed by atoms with Crippen LogP contribution in [0.25, 0.3) is 0 Å². The molecule has 3 nitrogen and oxygen atoms in total. The lowest BCUT2D eigenvalue weighted by atomic mass is 10.1. The van der Waals surface area contributed by atoms with Crippen LogP contribution in [0.5, 0.6) is 5.75 Å². The predicted octanol–water partition coefficient (Wildman–Crippen LogP) is 2.65. The predicted molar refractivity (Wildman–Crippen MR) is 72.6 cm³/mol. The Morgan fingerprint density at radius 3 is 2.83 bits per heavy atom. The van der Waals surface area contributed by atoms with Gasteiger partial charge in [-0.2, -0.15) is 0 Å². The van der Waals surface area contributed by atoms with Gasteiger partial charge in [-0.15, -0.1) is 11.3 Å². The number of benzene rings is 1. The van der Waals surface area contributed by atoms with Gasteiger partial charge in [-0.1, -0.05) is 18.2 Å². The molecule has 94 valence electrons. The standard InChI is InChI=1S/C14H15NO2S/c1-15(10-13-6-3-7-18-13)14(17)9-11-4-2-5-12(16)8-11/h2-8,16H,9-10H2,1H3. The lowest BCUT2D eigenvalue weighted by Gasteiger charge is -2.16. The minimum atomic E-state index is 0.0500. The van der Waals surface area contributed by atoms with Crippen molar-refractivity contribution in [2.75, 3.05) is 7.05 Å². The van der Waals surface area contributed by atoms with Gasteiger partial charge in [-0.25, -0.2) is 0 Å². The number of thiophene rings is 1. The number of nitrogens with zero attached hydrogens (tertiary/aromatic N) is 1. The molecular weight excluding hydrogens is 246 g/mol. The smallest absolute Gasteiger partial charge is 0.227 e. The van der Waals surface area contributed by atoms with Gasteiger partial charge in [-0.05, 0) is 29.1 Å². The van der Waals surface area contributed by atoms with E-state index < -0.39 is 0 Å². The van der Waals surface area contributed by atoms with Gasteiger partial charge in [0.05, 0.1) is 13.0 Å². The van der Waals surface area contributed by atoms with Gasteiger partial charge >= 0.3 is 0 Å². The first-order valence-electron chi connectivity index (χ1n) is 5.69. The molecule has 0 radical (unpaired) electrons. The third-order valence-corrected chi connectivity index (χ3v) is 3.53. The topological polar surface area (TPSA) is 40.5 Å². The number of aromatic hydroxyl groups is 1. The molecule has 0 saturated carbocycles. The first-order chi connectivity index (χ1) is 8.65. The van der Waals surface area contributed by atoms with Gasteiger partial charge in [0.2, 0.25) is 5.91 Å². The normalized spacial score (nSPS) is 10.3. The van der Waals surface area contributed by atoms with E-state index in [0.717, 1.165) is 5.56 Å². The first kappa shape index (κ1) is 12.6. The second-order valence-corrected chi connectivity index (χ2v) is 5.21. The molecule has 4 heteroatoms. The average molecular weight is 261 g/mol. The number of hydrogen-bond acceptors (Lipinski definition) is 3. The van der Waals surface area contributed by atoms with Gasteiger partial charge < -0.3 is 10.0 Å². The highest BCUT2D eigenvalue weighted by Crippen LogP contribution is 2.14. The van der Waals surface area contributed by atoms with Gasteiger partial charge in [-0.3, -0.25) is 4.79 Å². The zero-order valence-electron chi connectivity index (χ0n) is 10.2. The molecular formula is C14H15NO2S. The molecule has 18 heavy (non-hydrogen) atoms. The zero-order chi connectivity index (χ0) is 13.0. The van der Waals surface area contributed by atoms with Crippen LogP contribution in [-0.2, 0) is 17.8 Å². The van der Waals surface area contributed by atoms with Crippen molar-refractivity contribution < 1.29 is 9.90 Å². The van der Waals surface area contributed by atoms with Gasteiger partial charge in [0.25, 0.3) is 0 Å². The number of phenolic OH excluding ortho intramolecular Hbond substituents is 1. The molecule has 0 unspecified atom stereocenters. The second kappa shape index (κ2) is 5.69. The van der Waals surface area contributed by atoms with E-state index in [4.69, 9.17) is 0 Å². The van der Waals surface area contributed by atoms with Crippen molar-refractivity contribution in [1.82, 2.24) is 4.90 Å². The zero-order valence-corrected chi connectivity index (χ0v) is 11.0. The lowest BCUT2D eigenvalue weighted by molar-refractivity contribution is -0.129. The minimum Gasteiger partial charge on any atom is -0.508 e. The van der Waals surface area contributed by atoms with Crippen LogP contribution < -0.4 is 0 Å². The third kappa shape index (κ3) is 3.34. The molecule has 0 saturated heterocycles. The molecule has 1 heterocycles. The summed E-state index contributed by atoms with van der Waals surface area (Å²) < 4.78 is 0. The Morgan fingerprint density at radius 1 is 1.33 bits per heavy atom. The third-order valence-electron chi connectivity index (χ3n) is 2.66. The van der Waals surface area contributed by atoms with Crippen molar-refractivity contribution in [3.63, 3.8) is 0 Å². The van der Waals surface area contributed by atoms with E-state index in [1.807, 2.05) is 23.6 Å². The van der Waals surface area contributed by atoms with E-state index in [2.05, 4.69) is 0 Å². The summed E-state index contributed by atoms with van der Waals surface area (Å²) in [5.41, 5.74) is 0.832. The molecule has 0 fully saturated rings. The van der Waals surface area contributed by atoms with Crippen LogP contribution in [0.1, 0.15) is 10.4 Å². The highest BCUT2D eigenvalue weighted by atomic mass is 32.1. The largest absolute Gasteiger partial charge is 0.508 e. The quantitative estimate of drug-likeness (QED) is 0.919. The Balaban J connectivity index is 1.95. The maximum absolute atomic E-state index is 12.0. The molecule has 0 spiro atoms. The fourth-order valence-corrected chi connectivity index (χ4v) is 2.46. The van der Waals surface area contributed by atoms with Crippen molar-refractivity contribution in [2.24, 2.45) is 0 Å². The summed E-state index contributed by atoms with van der Waals surface area (Å²) in [6.07, 6.45) is 0.316. The SMILES string of the molecule is CN(Cc1cccs1)C(=O)Cc1cccc(O)c1. The molecule has 0 aliphatic rings. The van der Waals surface area contributed by atoms with Crippen LogP contribution in [0.4, 0.5) is 0 Å². The monoisotopic (exact) mass is 261 g/mol. The van der Waals surface area contributed by atoms with Crippen molar-refractivity contribution in [3.8, 4) is 5.75 Å². The van der Waals surface area contributed by atoms with Gasteiger partial charge in [0, 0.05) is 11.9 Å². The summed E-state index contributed by atoms with van der Waals surface area (Å²) in [5.74, 6) is 0.246. The van der Waals surface area contributed by atoms with Crippen LogP contribution >= 0.6 is 11.3 Å². The summed E-state index contributed by atoms with van der Waals surface area (Å²) in [4.78, 5) is 14.9. The molecule has 0 aliphatic heterocycles. The number of amides is 1. The summed E-state index contributed by atoms with van der Waals surface area (Å²) in [6.45, 7) is 0.634. The van der Waals surface area contributed by atoms with E-state index in [1.165, 1.54) is 4.88 Å². The fourth-order valence-electron chi connectivity index (χ4n) is 1.70. The minimum absolute atomic E-state index is 0.0500. The van der Waals surface area contributed by atoms with E-state index in [9.17, 15) is 9.90 Å². The fraction of sp³-hybridized carbons (Fsp3) is 0.214. The molecule has 1 aromatic heterocycles. The number of carbonyl (C=O) groups is 1. The molecule has 1 aromatic carbocycles. The summed E-state index contributed by atoms with van der Waals surface area (Å²) in [5, 5.41) is 11.4. The first-order valence-corrected chi connectivity index (χ1v) is 6.57. The van der Waals surface area contributed by atoms with Crippen LogP contribution in [0.3, 0.4) is 0 Å². The molecule has 0 bridgehead atoms. The lowest BCUT2D eigenvalue weighted by Crippen LogP contribution is -2.27. The number of rotatable bonds is 4. The van der Waals surface area contributed by atoms with Crippen LogP contribution in [0.15, 0.2) is 41.8 Å². The Bertz CT molecular complexity index is 522. The van der Waals surface area contributed by atoms with E-state index in [1.54, 1.807) is 41.5 Å². The van der Waals surface area contributed by atoms with Gasteiger partial charge in [0.1, 0.15) is 5.75 Å². The molecule has 2 aromatic rings. The van der Waals surface area contributed by atoms with Crippen molar-refractivity contribution >= 4 is 17.2 Å². The van der Waals surface area contributed by atoms with Gasteiger partial charge in [0.15, 0.2) is 0 Å². The summed E-state index contributed by atoms with van der Waals surface area (Å²) in [6, 6.07) is 10.8. The van der Waals surface area contributed by atoms with E-state index in [0.29, 0.717) is 13.0 Å². The Morgan fingerprint density at radius 2 is 2.17 bits per heavy atom. The Labute approximate surface area is 110 Å². The maximum Gasteiger partial charge on any atom is 0.227 e. The molecule has 2 rings (SSSR count). The maximum atomic E-state index is 12.0. The molecule has 1 N–H and O–H groups in total. The molecule has 0 aliphatic carbocycles. The number of carbonyl (C=O) groups excluding carboxylic acids is 1. The van der Waals surface area contributed by atoms with E-state index >= 15 is 0 Å². The van der Waals surface area contributed by atoms with Crippen molar-refractivity contribution in [1.29, 1.82) is 0 Å². The highest BCUT2D eigenvalue weighted by molar-refractivity contribution is 7.09. The summed E-state index contributed by atoms with van der Waals surface area (Å²) >= 11 is 1.64. The van der Waals surface area contributed by atoms with Crippen molar-refractivity contribution in [2.45, 2.75) is 13.0 Å². The number of hydrogen-bond donors (Lipinski definition) is 1. The van der Waals surface area contributed by atoms with Crippen molar-refractivity contribution in [3.05, 3.63) is 52.2 Å². The van der Waals surface area contributed by atoms with Crippen LogP contribution in [0, 0.1) is 0 Å².